The lowest BCUT2D eigenvalue weighted by molar-refractivity contribution is 0.658. The van der Waals surface area contributed by atoms with E-state index in [0.717, 1.165) is 0 Å². The van der Waals surface area contributed by atoms with Crippen LogP contribution in [0.3, 0.4) is 0 Å². The van der Waals surface area contributed by atoms with Crippen molar-refractivity contribution in [2.45, 2.75) is 38.8 Å². The van der Waals surface area contributed by atoms with Crippen LogP contribution < -0.4 is 0 Å². The van der Waals surface area contributed by atoms with Crippen molar-refractivity contribution in [2.75, 3.05) is 0 Å². The molecule has 0 saturated carbocycles. The molecular formula is C39H27NS2. The molecule has 200 valence electrons. The molecule has 2 aliphatic rings. The summed E-state index contributed by atoms with van der Waals surface area (Å²) in [6.45, 7) is 4.78. The first kappa shape index (κ1) is 24.4. The van der Waals surface area contributed by atoms with Gasteiger partial charge in [-0.25, -0.2) is 0 Å². The largest absolute Gasteiger partial charge is 0.309 e. The van der Waals surface area contributed by atoms with Crippen molar-refractivity contribution in [3.8, 4) is 27.9 Å². The number of para-hydroxylation sites is 2. The molecule has 1 aromatic heterocycles. The summed E-state index contributed by atoms with van der Waals surface area (Å²) in [5.41, 5.74) is 11.7. The summed E-state index contributed by atoms with van der Waals surface area (Å²) in [5.74, 6) is 0. The fraction of sp³-hybridized carbons (Fsp3) is 0.0769. The van der Waals surface area contributed by atoms with Crippen molar-refractivity contribution in [3.05, 3.63) is 139 Å². The Bertz CT molecular complexity index is 2220. The van der Waals surface area contributed by atoms with E-state index in [1.54, 1.807) is 0 Å². The Morgan fingerprint density at radius 1 is 0.476 bits per heavy atom. The van der Waals surface area contributed by atoms with Gasteiger partial charge >= 0.3 is 0 Å². The minimum atomic E-state index is -0.0642. The van der Waals surface area contributed by atoms with Crippen molar-refractivity contribution < 1.29 is 0 Å². The first-order chi connectivity index (χ1) is 20.6. The predicted molar refractivity (Wildman–Crippen MR) is 178 cm³/mol. The van der Waals surface area contributed by atoms with Crippen LogP contribution in [0.4, 0.5) is 0 Å². The van der Waals surface area contributed by atoms with E-state index in [2.05, 4.69) is 146 Å². The number of hydrogen-bond acceptors (Lipinski definition) is 2. The highest BCUT2D eigenvalue weighted by Gasteiger charge is 2.37. The molecule has 1 aliphatic heterocycles. The molecule has 0 N–H and O–H groups in total. The van der Waals surface area contributed by atoms with E-state index < -0.39 is 0 Å². The Morgan fingerprint density at radius 2 is 1.10 bits per heavy atom. The summed E-state index contributed by atoms with van der Waals surface area (Å²) < 4.78 is 2.38. The van der Waals surface area contributed by atoms with E-state index >= 15 is 0 Å². The minimum absolute atomic E-state index is 0.0642. The third kappa shape index (κ3) is 3.47. The second-order valence-corrected chi connectivity index (χ2v) is 14.0. The average Bonchev–Trinajstić information content (AvgIpc) is 3.47. The van der Waals surface area contributed by atoms with Crippen molar-refractivity contribution in [2.24, 2.45) is 0 Å². The summed E-state index contributed by atoms with van der Waals surface area (Å²) in [4.78, 5) is 5.45. The van der Waals surface area contributed by atoms with E-state index in [1.807, 2.05) is 23.5 Å². The van der Waals surface area contributed by atoms with Gasteiger partial charge in [0.05, 0.1) is 11.0 Å². The number of hydrogen-bond donors (Lipinski definition) is 0. The van der Waals surface area contributed by atoms with E-state index in [-0.39, 0.29) is 5.41 Å². The molecule has 0 fully saturated rings. The van der Waals surface area contributed by atoms with Gasteiger partial charge in [0.1, 0.15) is 0 Å². The first-order valence-corrected chi connectivity index (χ1v) is 16.1. The summed E-state index contributed by atoms with van der Waals surface area (Å²) in [6, 6.07) is 47.2. The zero-order valence-electron chi connectivity index (χ0n) is 23.4. The molecule has 2 heterocycles. The maximum Gasteiger partial charge on any atom is 0.0541 e. The number of rotatable bonds is 2. The molecule has 6 aromatic carbocycles. The van der Waals surface area contributed by atoms with E-state index in [9.17, 15) is 0 Å². The lowest BCUT2D eigenvalue weighted by atomic mass is 9.81. The van der Waals surface area contributed by atoms with Gasteiger partial charge in [0.25, 0.3) is 0 Å². The van der Waals surface area contributed by atoms with Gasteiger partial charge in [-0.05, 0) is 94.0 Å². The number of benzene rings is 6. The molecule has 9 rings (SSSR count). The van der Waals surface area contributed by atoms with Crippen molar-refractivity contribution in [1.29, 1.82) is 0 Å². The zero-order chi connectivity index (χ0) is 28.0. The van der Waals surface area contributed by atoms with Gasteiger partial charge in [-0.15, -0.1) is 0 Å². The van der Waals surface area contributed by atoms with Crippen LogP contribution in [0.25, 0.3) is 49.7 Å². The Hall–Kier alpha value is -4.18. The van der Waals surface area contributed by atoms with Gasteiger partial charge < -0.3 is 4.57 Å². The van der Waals surface area contributed by atoms with Crippen molar-refractivity contribution in [3.63, 3.8) is 0 Å². The van der Waals surface area contributed by atoms with Crippen molar-refractivity contribution >= 4 is 45.3 Å². The number of nitrogens with zero attached hydrogens (tertiary/aromatic N) is 1. The Balaban J connectivity index is 1.17. The van der Waals surface area contributed by atoms with Gasteiger partial charge in [-0.2, -0.15) is 0 Å². The van der Waals surface area contributed by atoms with Gasteiger partial charge in [0.15, 0.2) is 0 Å². The maximum atomic E-state index is 2.46. The molecule has 1 nitrogen and oxygen atoms in total. The topological polar surface area (TPSA) is 4.93 Å². The molecule has 0 spiro atoms. The predicted octanol–water partition coefficient (Wildman–Crippen LogP) is 11.4. The summed E-state index contributed by atoms with van der Waals surface area (Å²) in [6.07, 6.45) is 0. The molecule has 0 amide bonds. The van der Waals surface area contributed by atoms with E-state index in [4.69, 9.17) is 0 Å². The first-order valence-electron chi connectivity index (χ1n) is 14.4. The highest BCUT2D eigenvalue weighted by Crippen LogP contribution is 2.56. The van der Waals surface area contributed by atoms with Crippen LogP contribution >= 0.6 is 23.5 Å². The SMILES string of the molecule is CC1(C)c2cc(-c3ccc4c(c3)c3ccccc3n4-c3ccccc3)ccc2-c2cc3c(cc21)Sc1ccccc1S3. The molecule has 1 aliphatic carbocycles. The molecule has 7 aromatic rings. The van der Waals surface area contributed by atoms with Crippen LogP contribution in [-0.2, 0) is 5.41 Å². The Labute approximate surface area is 254 Å². The quantitative estimate of drug-likeness (QED) is 0.203. The summed E-state index contributed by atoms with van der Waals surface area (Å²) in [5, 5.41) is 2.57. The smallest absolute Gasteiger partial charge is 0.0541 e. The number of aromatic nitrogens is 1. The molecule has 42 heavy (non-hydrogen) atoms. The lowest BCUT2D eigenvalue weighted by Gasteiger charge is -2.24. The highest BCUT2D eigenvalue weighted by molar-refractivity contribution is 8.05. The molecular weight excluding hydrogens is 547 g/mol. The molecule has 0 bridgehead atoms. The van der Waals surface area contributed by atoms with Crippen molar-refractivity contribution in [1.82, 2.24) is 4.57 Å². The molecule has 3 heteroatoms. The fourth-order valence-corrected chi connectivity index (χ4v) is 9.22. The maximum absolute atomic E-state index is 2.46. The second-order valence-electron chi connectivity index (χ2n) is 11.8. The third-order valence-corrected chi connectivity index (χ3v) is 11.6. The fourth-order valence-electron chi connectivity index (χ4n) is 6.94. The summed E-state index contributed by atoms with van der Waals surface area (Å²) in [7, 11) is 0. The van der Waals surface area contributed by atoms with Gasteiger partial charge in [0.2, 0.25) is 0 Å². The zero-order valence-corrected chi connectivity index (χ0v) is 25.0. The van der Waals surface area contributed by atoms with Crippen LogP contribution in [-0.4, -0.2) is 4.57 Å². The molecule has 0 unspecified atom stereocenters. The van der Waals surface area contributed by atoms with E-state index in [1.165, 1.54) is 80.5 Å². The third-order valence-electron chi connectivity index (χ3n) is 9.05. The second kappa shape index (κ2) is 8.91. The molecule has 0 saturated heterocycles. The van der Waals surface area contributed by atoms with Crippen LogP contribution in [0.2, 0.25) is 0 Å². The van der Waals surface area contributed by atoms with Gasteiger partial charge in [-0.1, -0.05) is 104 Å². The Morgan fingerprint density at radius 3 is 1.90 bits per heavy atom. The van der Waals surface area contributed by atoms with Crippen LogP contribution in [0.15, 0.2) is 147 Å². The lowest BCUT2D eigenvalue weighted by Crippen LogP contribution is -2.15. The van der Waals surface area contributed by atoms with Crippen LogP contribution in [0.1, 0.15) is 25.0 Å². The minimum Gasteiger partial charge on any atom is -0.309 e. The van der Waals surface area contributed by atoms with Gasteiger partial charge in [-0.3, -0.25) is 0 Å². The highest BCUT2D eigenvalue weighted by atomic mass is 32.2. The normalized spacial score (nSPS) is 14.4. The standard InChI is InChI=1S/C39H27NS2/c1-39(2)31-21-25(16-18-27(31)29-22-37-38(23-32(29)39)42-36-15-9-8-14-35(36)41-37)24-17-19-34-30(20-24)28-12-6-7-13-33(28)40(34)26-10-4-3-5-11-26/h3-23H,1-2H3. The monoisotopic (exact) mass is 573 g/mol. The van der Waals surface area contributed by atoms with Crippen LogP contribution in [0, 0.1) is 0 Å². The average molecular weight is 574 g/mol. The van der Waals surface area contributed by atoms with Crippen LogP contribution in [0.5, 0.6) is 0 Å². The molecule has 0 radical (unpaired) electrons. The number of fused-ring (bicyclic) bond motifs is 8. The molecule has 0 atom stereocenters. The van der Waals surface area contributed by atoms with E-state index in [0.29, 0.717) is 0 Å². The Kier molecular flexibility index (Phi) is 5.18. The van der Waals surface area contributed by atoms with Gasteiger partial charge in [0, 0.05) is 41.5 Å². The summed E-state index contributed by atoms with van der Waals surface area (Å²) >= 11 is 3.81.